The lowest BCUT2D eigenvalue weighted by Crippen LogP contribution is -2.10. The first-order chi connectivity index (χ1) is 7.10. The maximum absolute atomic E-state index is 5.47. The highest BCUT2D eigenvalue weighted by Gasteiger charge is 2.13. The van der Waals surface area contributed by atoms with Crippen molar-refractivity contribution < 1.29 is 4.74 Å². The van der Waals surface area contributed by atoms with E-state index < -0.39 is 0 Å². The highest BCUT2D eigenvalue weighted by atomic mass is 127. The van der Waals surface area contributed by atoms with E-state index in [1.807, 2.05) is 27.8 Å². The molecule has 1 aromatic heterocycles. The monoisotopic (exact) mass is 321 g/mol. The zero-order chi connectivity index (χ0) is 11.4. The van der Waals surface area contributed by atoms with Crippen LogP contribution in [0.25, 0.3) is 0 Å². The minimum absolute atomic E-state index is 0.0576. The molecular formula is C10H16IN3O. The van der Waals surface area contributed by atoms with Crippen LogP contribution in [0, 0.1) is 10.5 Å². The second-order valence-corrected chi connectivity index (χ2v) is 4.26. The molecule has 0 aromatic carbocycles. The summed E-state index contributed by atoms with van der Waals surface area (Å²) in [5.41, 5.74) is 0.983. The lowest BCUT2D eigenvalue weighted by Gasteiger charge is -2.13. The molecule has 15 heavy (non-hydrogen) atoms. The Balaban J connectivity index is 3.05. The molecule has 0 aliphatic carbocycles. The van der Waals surface area contributed by atoms with Crippen LogP contribution in [-0.4, -0.2) is 23.6 Å². The molecule has 1 heterocycles. The van der Waals surface area contributed by atoms with Crippen molar-refractivity contribution in [1.82, 2.24) is 9.97 Å². The number of halogens is 1. The number of hydrogen-bond acceptors (Lipinski definition) is 4. The zero-order valence-corrected chi connectivity index (χ0v) is 11.6. The van der Waals surface area contributed by atoms with Crippen LogP contribution in [0.1, 0.15) is 31.5 Å². The van der Waals surface area contributed by atoms with Gasteiger partial charge in [0, 0.05) is 13.7 Å². The van der Waals surface area contributed by atoms with Gasteiger partial charge in [-0.15, -0.1) is 0 Å². The highest BCUT2D eigenvalue weighted by Crippen LogP contribution is 2.21. The van der Waals surface area contributed by atoms with E-state index in [0.717, 1.165) is 20.9 Å². The lowest BCUT2D eigenvalue weighted by molar-refractivity contribution is 0.0700. The first-order valence-corrected chi connectivity index (χ1v) is 6.01. The highest BCUT2D eigenvalue weighted by molar-refractivity contribution is 14.1. The van der Waals surface area contributed by atoms with Gasteiger partial charge < -0.3 is 10.1 Å². The number of rotatable bonds is 4. The Hall–Kier alpha value is -0.430. The Morgan fingerprint density at radius 1 is 1.47 bits per heavy atom. The first kappa shape index (κ1) is 12.6. The number of aryl methyl sites for hydroxylation is 1. The van der Waals surface area contributed by atoms with Crippen LogP contribution in [-0.2, 0) is 4.74 Å². The average molecular weight is 321 g/mol. The fourth-order valence-electron chi connectivity index (χ4n) is 1.25. The van der Waals surface area contributed by atoms with Crippen molar-refractivity contribution in [3.63, 3.8) is 0 Å². The number of nitrogens with one attached hydrogen (secondary N) is 1. The van der Waals surface area contributed by atoms with Gasteiger partial charge in [-0.3, -0.25) is 0 Å². The van der Waals surface area contributed by atoms with Crippen molar-refractivity contribution >= 4 is 28.4 Å². The molecule has 0 aliphatic heterocycles. The summed E-state index contributed by atoms with van der Waals surface area (Å²) in [6, 6.07) is 0. The average Bonchev–Trinajstić information content (AvgIpc) is 2.22. The van der Waals surface area contributed by atoms with Gasteiger partial charge >= 0.3 is 0 Å². The molecule has 5 heteroatoms. The van der Waals surface area contributed by atoms with Crippen LogP contribution in [0.3, 0.4) is 0 Å². The smallest absolute Gasteiger partial charge is 0.159 e. The molecule has 4 nitrogen and oxygen atoms in total. The Kier molecular flexibility index (Phi) is 4.72. The molecule has 0 radical (unpaired) electrons. The van der Waals surface area contributed by atoms with E-state index in [9.17, 15) is 0 Å². The third-order valence-electron chi connectivity index (χ3n) is 2.05. The van der Waals surface area contributed by atoms with Gasteiger partial charge in [-0.2, -0.15) is 0 Å². The van der Waals surface area contributed by atoms with Crippen LogP contribution in [0.5, 0.6) is 0 Å². The molecule has 0 amide bonds. The van der Waals surface area contributed by atoms with Crippen LogP contribution >= 0.6 is 22.6 Å². The maximum Gasteiger partial charge on any atom is 0.159 e. The van der Waals surface area contributed by atoms with Crippen molar-refractivity contribution in [1.29, 1.82) is 0 Å². The number of nitrogens with zero attached hydrogens (tertiary/aromatic N) is 2. The molecule has 1 atom stereocenters. The normalized spacial score (nSPS) is 12.6. The van der Waals surface area contributed by atoms with Gasteiger partial charge in [0.25, 0.3) is 0 Å². The predicted molar refractivity (Wildman–Crippen MR) is 69.1 cm³/mol. The van der Waals surface area contributed by atoms with E-state index in [4.69, 9.17) is 4.74 Å². The SMILES string of the molecule is CCOC(C)c1nc(C)c(I)c(NC)n1. The predicted octanol–water partition coefficient (Wildman–Crippen LogP) is 2.53. The molecule has 0 aliphatic rings. The first-order valence-electron chi connectivity index (χ1n) is 4.93. The van der Waals surface area contributed by atoms with Crippen molar-refractivity contribution in [2.45, 2.75) is 26.9 Å². The summed E-state index contributed by atoms with van der Waals surface area (Å²) in [6.45, 7) is 6.58. The van der Waals surface area contributed by atoms with Gasteiger partial charge in [0.1, 0.15) is 11.9 Å². The molecule has 0 bridgehead atoms. The summed E-state index contributed by atoms with van der Waals surface area (Å²) in [6.07, 6.45) is -0.0576. The second-order valence-electron chi connectivity index (χ2n) is 3.18. The van der Waals surface area contributed by atoms with E-state index >= 15 is 0 Å². The van der Waals surface area contributed by atoms with Gasteiger partial charge in [-0.25, -0.2) is 9.97 Å². The van der Waals surface area contributed by atoms with E-state index in [-0.39, 0.29) is 6.10 Å². The molecule has 1 aromatic rings. The topological polar surface area (TPSA) is 47.0 Å². The number of anilines is 1. The number of hydrogen-bond donors (Lipinski definition) is 1. The Morgan fingerprint density at radius 2 is 2.13 bits per heavy atom. The van der Waals surface area contributed by atoms with Gasteiger partial charge in [-0.1, -0.05) is 0 Å². The Labute approximate surface area is 104 Å². The molecule has 1 rings (SSSR count). The van der Waals surface area contributed by atoms with E-state index in [1.54, 1.807) is 0 Å². The van der Waals surface area contributed by atoms with Gasteiger partial charge in [0.15, 0.2) is 5.82 Å². The molecule has 0 saturated heterocycles. The molecule has 0 spiro atoms. The summed E-state index contributed by atoms with van der Waals surface area (Å²) in [5, 5.41) is 3.06. The summed E-state index contributed by atoms with van der Waals surface area (Å²) < 4.78 is 6.52. The van der Waals surface area contributed by atoms with Crippen molar-refractivity contribution in [3.05, 3.63) is 15.1 Å². The summed E-state index contributed by atoms with van der Waals surface area (Å²) in [4.78, 5) is 8.83. The molecule has 1 N–H and O–H groups in total. The maximum atomic E-state index is 5.47. The minimum Gasteiger partial charge on any atom is -0.372 e. The van der Waals surface area contributed by atoms with Crippen LogP contribution in [0.2, 0.25) is 0 Å². The van der Waals surface area contributed by atoms with Gasteiger partial charge in [0.2, 0.25) is 0 Å². The summed E-state index contributed by atoms with van der Waals surface area (Å²) in [5.74, 6) is 1.60. The molecular weight excluding hydrogens is 305 g/mol. The summed E-state index contributed by atoms with van der Waals surface area (Å²) in [7, 11) is 1.86. The number of aromatic nitrogens is 2. The Morgan fingerprint density at radius 3 is 2.67 bits per heavy atom. The molecule has 0 saturated carbocycles. The molecule has 0 fully saturated rings. The molecule has 84 valence electrons. The van der Waals surface area contributed by atoms with E-state index in [2.05, 4.69) is 37.9 Å². The zero-order valence-electron chi connectivity index (χ0n) is 9.47. The standard InChI is InChI=1S/C10H16IN3O/c1-5-15-7(3)9-13-6(2)8(11)10(12-4)14-9/h7H,5H2,1-4H3,(H,12,13,14). The fraction of sp³-hybridized carbons (Fsp3) is 0.600. The quantitative estimate of drug-likeness (QED) is 0.866. The van der Waals surface area contributed by atoms with Crippen LogP contribution < -0.4 is 5.32 Å². The minimum atomic E-state index is -0.0576. The fourth-order valence-corrected chi connectivity index (χ4v) is 1.76. The van der Waals surface area contributed by atoms with Gasteiger partial charge in [-0.05, 0) is 43.4 Å². The van der Waals surface area contributed by atoms with Crippen LogP contribution in [0.15, 0.2) is 0 Å². The van der Waals surface area contributed by atoms with Crippen molar-refractivity contribution in [2.24, 2.45) is 0 Å². The third-order valence-corrected chi connectivity index (χ3v) is 3.34. The summed E-state index contributed by atoms with van der Waals surface area (Å²) >= 11 is 2.24. The van der Waals surface area contributed by atoms with Crippen molar-refractivity contribution in [3.8, 4) is 0 Å². The number of ether oxygens (including phenoxy) is 1. The van der Waals surface area contributed by atoms with Gasteiger partial charge in [0.05, 0.1) is 9.26 Å². The van der Waals surface area contributed by atoms with Crippen LogP contribution in [0.4, 0.5) is 5.82 Å². The third kappa shape index (κ3) is 3.01. The lowest BCUT2D eigenvalue weighted by atomic mass is 10.3. The molecule has 1 unspecified atom stereocenters. The van der Waals surface area contributed by atoms with E-state index in [1.165, 1.54) is 0 Å². The largest absolute Gasteiger partial charge is 0.372 e. The second kappa shape index (κ2) is 5.60. The Bertz CT molecular complexity index is 344. The van der Waals surface area contributed by atoms with Crippen molar-refractivity contribution in [2.75, 3.05) is 19.0 Å². The van der Waals surface area contributed by atoms with E-state index in [0.29, 0.717) is 6.61 Å².